The molecule has 1 aromatic heterocycles. The summed E-state index contributed by atoms with van der Waals surface area (Å²) in [7, 11) is 1.65. The van der Waals surface area contributed by atoms with Crippen LogP contribution in [0.3, 0.4) is 0 Å². The van der Waals surface area contributed by atoms with E-state index in [1.54, 1.807) is 0 Å². The SMILES string of the molecule is COc1cc(C#N)c(S(=O)(=O)Cl)c(C(F)F)n1. The molecule has 0 aliphatic carbocycles. The Balaban J connectivity index is 3.73. The molecular formula is C8H5ClF2N2O3S. The van der Waals surface area contributed by atoms with Crippen molar-refractivity contribution >= 4 is 19.7 Å². The predicted molar refractivity (Wildman–Crippen MR) is 53.5 cm³/mol. The molecular weight excluding hydrogens is 278 g/mol. The predicted octanol–water partition coefficient (Wildman–Crippen LogP) is 1.83. The fraction of sp³-hybridized carbons (Fsp3) is 0.250. The van der Waals surface area contributed by atoms with E-state index in [2.05, 4.69) is 9.72 Å². The van der Waals surface area contributed by atoms with E-state index in [0.717, 1.165) is 13.2 Å². The van der Waals surface area contributed by atoms with E-state index in [0.29, 0.717) is 0 Å². The second kappa shape index (κ2) is 4.81. The van der Waals surface area contributed by atoms with Gasteiger partial charge in [-0.15, -0.1) is 0 Å². The standard InChI is InChI=1S/C8H5ClF2N2O3S/c1-16-5-2-4(3-12)7(17(9,14)15)6(13-5)8(10)11/h2,8H,1H3. The lowest BCUT2D eigenvalue weighted by Gasteiger charge is -2.08. The molecule has 1 rings (SSSR count). The number of nitrogens with zero attached hydrogens (tertiary/aromatic N) is 2. The van der Waals surface area contributed by atoms with Crippen molar-refractivity contribution in [1.29, 1.82) is 5.26 Å². The average Bonchev–Trinajstić information content (AvgIpc) is 2.25. The zero-order valence-corrected chi connectivity index (χ0v) is 9.89. The summed E-state index contributed by atoms with van der Waals surface area (Å²) in [6.07, 6.45) is -3.19. The highest BCUT2D eigenvalue weighted by Crippen LogP contribution is 2.32. The Morgan fingerprint density at radius 3 is 2.53 bits per heavy atom. The number of pyridine rings is 1. The molecule has 0 spiro atoms. The quantitative estimate of drug-likeness (QED) is 0.790. The third-order valence-corrected chi connectivity index (χ3v) is 3.14. The molecule has 0 atom stereocenters. The van der Waals surface area contributed by atoms with Crippen molar-refractivity contribution in [2.24, 2.45) is 0 Å². The number of ether oxygens (including phenoxy) is 1. The minimum Gasteiger partial charge on any atom is -0.481 e. The van der Waals surface area contributed by atoms with Gasteiger partial charge >= 0.3 is 0 Å². The van der Waals surface area contributed by atoms with Crippen LogP contribution in [0.25, 0.3) is 0 Å². The molecule has 92 valence electrons. The molecule has 0 bridgehead atoms. The van der Waals surface area contributed by atoms with E-state index < -0.39 is 31.6 Å². The van der Waals surface area contributed by atoms with Gasteiger partial charge in [0.2, 0.25) is 5.88 Å². The highest BCUT2D eigenvalue weighted by molar-refractivity contribution is 8.13. The third-order valence-electron chi connectivity index (χ3n) is 1.76. The Labute approximate surface area is 100 Å². The van der Waals surface area contributed by atoms with Crippen LogP contribution in [0.5, 0.6) is 5.88 Å². The Morgan fingerprint density at radius 1 is 1.59 bits per heavy atom. The van der Waals surface area contributed by atoms with Gasteiger partial charge in [-0.1, -0.05) is 0 Å². The van der Waals surface area contributed by atoms with Gasteiger partial charge in [0.15, 0.2) is 0 Å². The Bertz CT molecular complexity index is 583. The van der Waals surface area contributed by atoms with Gasteiger partial charge in [-0.3, -0.25) is 0 Å². The van der Waals surface area contributed by atoms with Crippen LogP contribution in [0.15, 0.2) is 11.0 Å². The second-order valence-electron chi connectivity index (χ2n) is 2.78. The normalized spacial score (nSPS) is 11.3. The maximum atomic E-state index is 12.6. The van der Waals surface area contributed by atoms with E-state index in [9.17, 15) is 17.2 Å². The Morgan fingerprint density at radius 2 is 2.18 bits per heavy atom. The van der Waals surface area contributed by atoms with E-state index in [-0.39, 0.29) is 5.88 Å². The maximum absolute atomic E-state index is 12.6. The minimum absolute atomic E-state index is 0.291. The first-order valence-electron chi connectivity index (χ1n) is 4.03. The van der Waals surface area contributed by atoms with Gasteiger partial charge in [-0.25, -0.2) is 22.2 Å². The fourth-order valence-corrected chi connectivity index (χ4v) is 2.36. The van der Waals surface area contributed by atoms with Gasteiger partial charge < -0.3 is 4.74 Å². The lowest BCUT2D eigenvalue weighted by molar-refractivity contribution is 0.141. The van der Waals surface area contributed by atoms with E-state index in [1.165, 1.54) is 6.07 Å². The van der Waals surface area contributed by atoms with Gasteiger partial charge in [-0.05, 0) is 0 Å². The molecule has 0 saturated heterocycles. The monoisotopic (exact) mass is 282 g/mol. The number of hydrogen-bond acceptors (Lipinski definition) is 5. The van der Waals surface area contributed by atoms with Crippen LogP contribution in [-0.2, 0) is 9.05 Å². The highest BCUT2D eigenvalue weighted by atomic mass is 35.7. The molecule has 0 saturated carbocycles. The molecule has 0 amide bonds. The molecule has 1 heterocycles. The summed E-state index contributed by atoms with van der Waals surface area (Å²) >= 11 is 0. The van der Waals surface area contributed by atoms with Crippen molar-refractivity contribution in [1.82, 2.24) is 4.98 Å². The van der Waals surface area contributed by atoms with E-state index in [4.69, 9.17) is 15.9 Å². The lowest BCUT2D eigenvalue weighted by Crippen LogP contribution is -2.06. The van der Waals surface area contributed by atoms with Crippen LogP contribution in [0.1, 0.15) is 17.7 Å². The van der Waals surface area contributed by atoms with Gasteiger partial charge in [0.25, 0.3) is 15.5 Å². The number of halogens is 3. The summed E-state index contributed by atoms with van der Waals surface area (Å²) in [6.45, 7) is 0. The smallest absolute Gasteiger partial charge is 0.281 e. The van der Waals surface area contributed by atoms with Crippen molar-refractivity contribution in [2.45, 2.75) is 11.3 Å². The van der Waals surface area contributed by atoms with E-state index in [1.807, 2.05) is 0 Å². The zero-order valence-electron chi connectivity index (χ0n) is 8.32. The van der Waals surface area contributed by atoms with Gasteiger partial charge in [0, 0.05) is 16.7 Å². The summed E-state index contributed by atoms with van der Waals surface area (Å²) in [5.41, 5.74) is -1.64. The Hall–Kier alpha value is -1.46. The largest absolute Gasteiger partial charge is 0.481 e. The molecule has 0 N–H and O–H groups in total. The van der Waals surface area contributed by atoms with Crippen LogP contribution < -0.4 is 4.74 Å². The van der Waals surface area contributed by atoms with Gasteiger partial charge in [0.05, 0.1) is 12.7 Å². The van der Waals surface area contributed by atoms with Crippen molar-refractivity contribution < 1.29 is 21.9 Å². The highest BCUT2D eigenvalue weighted by Gasteiger charge is 2.28. The van der Waals surface area contributed by atoms with Gasteiger partial charge in [-0.2, -0.15) is 5.26 Å². The number of methoxy groups -OCH3 is 1. The first-order chi connectivity index (χ1) is 7.81. The van der Waals surface area contributed by atoms with Crippen LogP contribution in [0, 0.1) is 11.3 Å². The van der Waals surface area contributed by atoms with Crippen molar-refractivity contribution in [3.63, 3.8) is 0 Å². The maximum Gasteiger partial charge on any atom is 0.281 e. The van der Waals surface area contributed by atoms with Crippen LogP contribution >= 0.6 is 10.7 Å². The molecule has 0 aliphatic rings. The first kappa shape index (κ1) is 13.6. The summed E-state index contributed by atoms with van der Waals surface area (Å²) < 4.78 is 52.1. The van der Waals surface area contributed by atoms with E-state index >= 15 is 0 Å². The summed E-state index contributed by atoms with van der Waals surface area (Å²) in [5, 5.41) is 8.71. The third kappa shape index (κ3) is 2.81. The summed E-state index contributed by atoms with van der Waals surface area (Å²) in [4.78, 5) is 2.29. The van der Waals surface area contributed by atoms with Crippen molar-refractivity contribution in [3.05, 3.63) is 17.3 Å². The molecule has 0 radical (unpaired) electrons. The number of rotatable bonds is 3. The molecule has 5 nitrogen and oxygen atoms in total. The first-order valence-corrected chi connectivity index (χ1v) is 6.34. The summed E-state index contributed by atoms with van der Waals surface area (Å²) in [5.74, 6) is -0.291. The number of nitriles is 1. The Kier molecular flexibility index (Phi) is 3.85. The average molecular weight is 283 g/mol. The number of alkyl halides is 2. The van der Waals surface area contributed by atoms with Crippen LogP contribution in [0.2, 0.25) is 0 Å². The lowest BCUT2D eigenvalue weighted by atomic mass is 10.2. The molecule has 0 fully saturated rings. The number of hydrogen-bond donors (Lipinski definition) is 0. The summed E-state index contributed by atoms with van der Waals surface area (Å²) in [6, 6.07) is 2.37. The molecule has 17 heavy (non-hydrogen) atoms. The molecule has 0 aromatic carbocycles. The molecule has 1 aromatic rings. The topological polar surface area (TPSA) is 80.0 Å². The van der Waals surface area contributed by atoms with Gasteiger partial charge in [0.1, 0.15) is 16.7 Å². The van der Waals surface area contributed by atoms with Crippen LogP contribution in [-0.4, -0.2) is 20.5 Å². The van der Waals surface area contributed by atoms with Crippen molar-refractivity contribution in [3.8, 4) is 11.9 Å². The minimum atomic E-state index is -4.49. The number of aromatic nitrogens is 1. The van der Waals surface area contributed by atoms with Crippen molar-refractivity contribution in [2.75, 3.05) is 7.11 Å². The molecule has 0 aliphatic heterocycles. The van der Waals surface area contributed by atoms with Crippen LogP contribution in [0.4, 0.5) is 8.78 Å². The zero-order chi connectivity index (χ0) is 13.2. The molecule has 0 unspecified atom stereocenters. The molecule has 9 heteroatoms. The fourth-order valence-electron chi connectivity index (χ4n) is 1.12. The second-order valence-corrected chi connectivity index (χ2v) is 5.28.